The van der Waals surface area contributed by atoms with E-state index in [-0.39, 0.29) is 6.42 Å². The Kier molecular flexibility index (Phi) is 14.0. The number of carboxylic acids is 1. The zero-order valence-corrected chi connectivity index (χ0v) is 22.0. The fourth-order valence-electron chi connectivity index (χ4n) is 4.05. The third-order valence-corrected chi connectivity index (χ3v) is 6.36. The highest BCUT2D eigenvalue weighted by atomic mass is 16.6. The number of carboxylic acid groups (broad SMARTS) is 1. The first kappa shape index (κ1) is 30.9. The minimum absolute atomic E-state index is 0.185. The van der Waals surface area contributed by atoms with Crippen molar-refractivity contribution >= 4 is 17.9 Å². The number of aliphatic hydroxyl groups is 2. The second kappa shape index (κ2) is 15.8. The van der Waals surface area contributed by atoms with Crippen molar-refractivity contribution in [1.82, 2.24) is 0 Å². The standard InChI is InChI=1S/C27H46O8/c1-5-6-7-8-9-10-11-12-13-14-15-16-17-19(24(30)31)18-20(28)22-21(29)23(25(32)34-22)35-26(33)27(2,3)4/h19-20,22,28-29H,5-18H2,1-4H3,(H,30,31)/t19?,20-,22+/m0/s1. The van der Waals surface area contributed by atoms with Gasteiger partial charge in [-0.2, -0.15) is 0 Å². The molecule has 0 radical (unpaired) electrons. The summed E-state index contributed by atoms with van der Waals surface area (Å²) in [6.45, 7) is 6.99. The predicted molar refractivity (Wildman–Crippen MR) is 133 cm³/mol. The molecule has 3 atom stereocenters. The van der Waals surface area contributed by atoms with E-state index in [1.807, 2.05) is 0 Å². The summed E-state index contributed by atoms with van der Waals surface area (Å²) in [6.07, 6.45) is 11.5. The van der Waals surface area contributed by atoms with Gasteiger partial charge in [0, 0.05) is 0 Å². The van der Waals surface area contributed by atoms with Gasteiger partial charge in [0.2, 0.25) is 0 Å². The molecule has 202 valence electrons. The SMILES string of the molecule is CCCCCCCCCCCCCCC(C[C@H](O)[C@H]1OC(=O)C(OC(=O)C(C)(C)C)=C1O)C(=O)O. The number of esters is 2. The van der Waals surface area contributed by atoms with Crippen LogP contribution in [0.3, 0.4) is 0 Å². The minimum atomic E-state index is -1.45. The molecule has 0 aromatic carbocycles. The molecule has 8 heteroatoms. The largest absolute Gasteiger partial charge is 0.505 e. The normalized spacial score (nSPS) is 17.9. The van der Waals surface area contributed by atoms with Gasteiger partial charge in [0.25, 0.3) is 5.76 Å². The van der Waals surface area contributed by atoms with Crippen LogP contribution in [0, 0.1) is 11.3 Å². The van der Waals surface area contributed by atoms with E-state index in [0.717, 1.165) is 25.7 Å². The van der Waals surface area contributed by atoms with E-state index in [0.29, 0.717) is 6.42 Å². The number of ether oxygens (including phenoxy) is 2. The van der Waals surface area contributed by atoms with Crippen LogP contribution in [-0.4, -0.2) is 45.4 Å². The topological polar surface area (TPSA) is 130 Å². The van der Waals surface area contributed by atoms with Crippen LogP contribution in [-0.2, 0) is 23.9 Å². The van der Waals surface area contributed by atoms with Crippen molar-refractivity contribution in [2.24, 2.45) is 11.3 Å². The van der Waals surface area contributed by atoms with Crippen LogP contribution in [0.5, 0.6) is 0 Å². The average Bonchev–Trinajstić information content (AvgIpc) is 3.06. The highest BCUT2D eigenvalue weighted by Gasteiger charge is 2.43. The molecular weight excluding hydrogens is 452 g/mol. The minimum Gasteiger partial charge on any atom is -0.505 e. The number of carbonyl (C=O) groups is 3. The van der Waals surface area contributed by atoms with Crippen molar-refractivity contribution in [3.05, 3.63) is 11.5 Å². The van der Waals surface area contributed by atoms with Gasteiger partial charge in [0.05, 0.1) is 17.4 Å². The summed E-state index contributed by atoms with van der Waals surface area (Å²) in [7, 11) is 0. The molecule has 0 fully saturated rings. The maximum Gasteiger partial charge on any atom is 0.378 e. The van der Waals surface area contributed by atoms with Crippen LogP contribution in [0.4, 0.5) is 0 Å². The lowest BCUT2D eigenvalue weighted by atomic mass is 9.92. The Balaban J connectivity index is 2.38. The highest BCUT2D eigenvalue weighted by molar-refractivity contribution is 5.93. The molecule has 1 aliphatic heterocycles. The van der Waals surface area contributed by atoms with Crippen LogP contribution in [0.15, 0.2) is 11.5 Å². The zero-order valence-electron chi connectivity index (χ0n) is 22.0. The number of cyclic esters (lactones) is 1. The molecule has 1 aliphatic rings. The van der Waals surface area contributed by atoms with E-state index < -0.39 is 53.0 Å². The van der Waals surface area contributed by atoms with Gasteiger partial charge in [0.1, 0.15) is 0 Å². The maximum atomic E-state index is 12.0. The van der Waals surface area contributed by atoms with Crippen LogP contribution >= 0.6 is 0 Å². The number of carbonyl (C=O) groups excluding carboxylic acids is 2. The number of hydrogen-bond donors (Lipinski definition) is 3. The smallest absolute Gasteiger partial charge is 0.378 e. The van der Waals surface area contributed by atoms with Crippen LogP contribution < -0.4 is 0 Å². The summed E-state index contributed by atoms with van der Waals surface area (Å²) in [4.78, 5) is 35.8. The molecule has 1 rings (SSSR count). The Morgan fingerprint density at radius 3 is 1.89 bits per heavy atom. The molecule has 8 nitrogen and oxygen atoms in total. The van der Waals surface area contributed by atoms with E-state index in [9.17, 15) is 29.7 Å². The second-order valence-electron chi connectivity index (χ2n) is 10.7. The molecule has 0 amide bonds. The number of unbranched alkanes of at least 4 members (excludes halogenated alkanes) is 11. The summed E-state index contributed by atoms with van der Waals surface area (Å²) in [5, 5.41) is 30.3. The van der Waals surface area contributed by atoms with Crippen LogP contribution in [0.2, 0.25) is 0 Å². The Morgan fingerprint density at radius 1 is 0.943 bits per heavy atom. The maximum absolute atomic E-state index is 12.0. The van der Waals surface area contributed by atoms with Gasteiger partial charge in [-0.05, 0) is 33.6 Å². The Morgan fingerprint density at radius 2 is 1.43 bits per heavy atom. The van der Waals surface area contributed by atoms with Gasteiger partial charge in [0.15, 0.2) is 11.9 Å². The molecule has 0 spiro atoms. The monoisotopic (exact) mass is 498 g/mol. The molecule has 0 aromatic rings. The van der Waals surface area contributed by atoms with Crippen molar-refractivity contribution in [2.75, 3.05) is 0 Å². The fraction of sp³-hybridized carbons (Fsp3) is 0.815. The first-order chi connectivity index (χ1) is 16.5. The Labute approximate surface area is 210 Å². The van der Waals surface area contributed by atoms with Crippen molar-refractivity contribution in [2.45, 2.75) is 130 Å². The van der Waals surface area contributed by atoms with Crippen molar-refractivity contribution in [3.8, 4) is 0 Å². The molecule has 0 saturated heterocycles. The first-order valence-electron chi connectivity index (χ1n) is 13.3. The molecule has 35 heavy (non-hydrogen) atoms. The zero-order chi connectivity index (χ0) is 26.4. The molecule has 0 bridgehead atoms. The summed E-state index contributed by atoms with van der Waals surface area (Å²) < 4.78 is 9.95. The van der Waals surface area contributed by atoms with Gasteiger partial charge in [-0.15, -0.1) is 0 Å². The Hall–Kier alpha value is -2.09. The van der Waals surface area contributed by atoms with Crippen molar-refractivity contribution in [3.63, 3.8) is 0 Å². The Bertz CT molecular complexity index is 706. The summed E-state index contributed by atoms with van der Waals surface area (Å²) in [5.74, 6) is -5.00. The summed E-state index contributed by atoms with van der Waals surface area (Å²) in [5.41, 5.74) is -0.910. The predicted octanol–water partition coefficient (Wildman–Crippen LogP) is 5.81. The average molecular weight is 499 g/mol. The van der Waals surface area contributed by atoms with Gasteiger partial charge in [-0.25, -0.2) is 4.79 Å². The fourth-order valence-corrected chi connectivity index (χ4v) is 4.05. The quantitative estimate of drug-likeness (QED) is 0.159. The van der Waals surface area contributed by atoms with E-state index in [2.05, 4.69) is 6.92 Å². The third-order valence-electron chi connectivity index (χ3n) is 6.36. The van der Waals surface area contributed by atoms with E-state index in [1.54, 1.807) is 20.8 Å². The molecular formula is C27H46O8. The molecule has 3 N–H and O–H groups in total. The molecule has 1 unspecified atom stereocenters. The lowest BCUT2D eigenvalue weighted by molar-refractivity contribution is -0.157. The molecule has 0 aromatic heterocycles. The second-order valence-corrected chi connectivity index (χ2v) is 10.7. The lowest BCUT2D eigenvalue weighted by Gasteiger charge is -2.21. The van der Waals surface area contributed by atoms with E-state index in [4.69, 9.17) is 9.47 Å². The molecule has 0 aliphatic carbocycles. The number of hydrogen-bond acceptors (Lipinski definition) is 7. The third kappa shape index (κ3) is 11.5. The summed E-state index contributed by atoms with van der Waals surface area (Å²) in [6, 6.07) is 0. The van der Waals surface area contributed by atoms with Crippen molar-refractivity contribution in [1.29, 1.82) is 0 Å². The number of aliphatic carboxylic acids is 1. The van der Waals surface area contributed by atoms with Crippen LogP contribution in [0.1, 0.15) is 118 Å². The van der Waals surface area contributed by atoms with Gasteiger partial charge >= 0.3 is 17.9 Å². The molecule has 0 saturated carbocycles. The van der Waals surface area contributed by atoms with Gasteiger partial charge < -0.3 is 24.8 Å². The first-order valence-corrected chi connectivity index (χ1v) is 13.3. The number of rotatable bonds is 18. The number of aliphatic hydroxyl groups excluding tert-OH is 2. The lowest BCUT2D eigenvalue weighted by Crippen LogP contribution is -2.32. The summed E-state index contributed by atoms with van der Waals surface area (Å²) >= 11 is 0. The molecule has 1 heterocycles. The van der Waals surface area contributed by atoms with E-state index in [1.165, 1.54) is 51.4 Å². The van der Waals surface area contributed by atoms with E-state index >= 15 is 0 Å². The van der Waals surface area contributed by atoms with Gasteiger partial charge in [-0.1, -0.05) is 84.0 Å². The highest BCUT2D eigenvalue weighted by Crippen LogP contribution is 2.30. The van der Waals surface area contributed by atoms with Crippen molar-refractivity contribution < 1.29 is 39.2 Å². The van der Waals surface area contributed by atoms with Crippen LogP contribution in [0.25, 0.3) is 0 Å². The van der Waals surface area contributed by atoms with Gasteiger partial charge in [-0.3, -0.25) is 9.59 Å².